The van der Waals surface area contributed by atoms with Crippen molar-refractivity contribution in [3.63, 3.8) is 0 Å². The highest BCUT2D eigenvalue weighted by Gasteiger charge is 2.29. The van der Waals surface area contributed by atoms with E-state index in [9.17, 15) is 9.59 Å². The molecule has 0 bridgehead atoms. The third-order valence-electron chi connectivity index (χ3n) is 5.49. The lowest BCUT2D eigenvalue weighted by atomic mass is 9.94. The Bertz CT molecular complexity index is 822. The number of nitrogens with zero attached hydrogens (tertiary/aromatic N) is 4. The predicted molar refractivity (Wildman–Crippen MR) is 99.0 cm³/mol. The van der Waals surface area contributed by atoms with E-state index in [2.05, 4.69) is 22.1 Å². The summed E-state index contributed by atoms with van der Waals surface area (Å²) in [6.45, 7) is 3.33. The average Bonchev–Trinajstić information content (AvgIpc) is 3.27. The summed E-state index contributed by atoms with van der Waals surface area (Å²) in [6.07, 6.45) is 3.51. The van der Waals surface area contributed by atoms with E-state index in [-0.39, 0.29) is 18.4 Å². The zero-order valence-corrected chi connectivity index (χ0v) is 15.3. The van der Waals surface area contributed by atoms with Gasteiger partial charge < -0.3 is 10.0 Å². The van der Waals surface area contributed by atoms with Crippen LogP contribution in [0.4, 0.5) is 0 Å². The molecule has 2 aliphatic heterocycles. The van der Waals surface area contributed by atoms with Crippen molar-refractivity contribution in [1.82, 2.24) is 19.6 Å². The maximum Gasteiger partial charge on any atom is 0.325 e. The number of piperidine rings is 1. The molecule has 7 nitrogen and oxygen atoms in total. The number of benzene rings is 1. The Morgan fingerprint density at radius 1 is 1.11 bits per heavy atom. The van der Waals surface area contributed by atoms with Crippen LogP contribution >= 0.6 is 0 Å². The molecule has 142 valence electrons. The number of aliphatic carboxylic acids is 1. The molecule has 4 rings (SSSR count). The average molecular weight is 368 g/mol. The van der Waals surface area contributed by atoms with Crippen LogP contribution in [0, 0.1) is 0 Å². The minimum atomic E-state index is -0.905. The van der Waals surface area contributed by atoms with Crippen LogP contribution in [0.15, 0.2) is 36.5 Å². The Hall–Kier alpha value is -2.67. The molecule has 1 fully saturated rings. The van der Waals surface area contributed by atoms with Crippen LogP contribution in [-0.4, -0.2) is 56.2 Å². The molecule has 27 heavy (non-hydrogen) atoms. The number of aromatic nitrogens is 2. The summed E-state index contributed by atoms with van der Waals surface area (Å²) in [7, 11) is 0. The van der Waals surface area contributed by atoms with Crippen LogP contribution in [0.25, 0.3) is 0 Å². The molecule has 0 saturated carbocycles. The zero-order valence-electron chi connectivity index (χ0n) is 15.3. The first-order valence-corrected chi connectivity index (χ1v) is 9.40. The van der Waals surface area contributed by atoms with Gasteiger partial charge in [-0.15, -0.1) is 0 Å². The Balaban J connectivity index is 1.38. The summed E-state index contributed by atoms with van der Waals surface area (Å²) in [6, 6.07) is 10.2. The fraction of sp³-hybridized carbons (Fsp3) is 0.450. The first kappa shape index (κ1) is 17.7. The Morgan fingerprint density at radius 2 is 1.85 bits per heavy atom. The molecular weight excluding hydrogens is 344 g/mol. The van der Waals surface area contributed by atoms with Crippen LogP contribution in [0.2, 0.25) is 0 Å². The second-order valence-electron chi connectivity index (χ2n) is 7.40. The van der Waals surface area contributed by atoms with Crippen molar-refractivity contribution in [3.05, 3.63) is 53.3 Å². The van der Waals surface area contributed by atoms with Crippen molar-refractivity contribution in [2.24, 2.45) is 0 Å². The smallest absolute Gasteiger partial charge is 0.325 e. The number of carbonyl (C=O) groups is 2. The van der Waals surface area contributed by atoms with Gasteiger partial charge in [0.15, 0.2) is 0 Å². The summed E-state index contributed by atoms with van der Waals surface area (Å²) in [5.74, 6) is -0.616. The van der Waals surface area contributed by atoms with Crippen LogP contribution in [0.3, 0.4) is 0 Å². The molecule has 1 unspecified atom stereocenters. The molecule has 1 aromatic carbocycles. The minimum absolute atomic E-state index is 0.139. The normalized spacial score (nSPS) is 19.9. The van der Waals surface area contributed by atoms with E-state index in [4.69, 9.17) is 5.11 Å². The molecule has 1 amide bonds. The van der Waals surface area contributed by atoms with E-state index in [0.717, 1.165) is 38.2 Å². The highest BCUT2D eigenvalue weighted by Crippen LogP contribution is 2.28. The second-order valence-corrected chi connectivity index (χ2v) is 7.40. The number of carbonyl (C=O) groups excluding carboxylic acids is 1. The molecule has 0 spiro atoms. The number of likely N-dealkylation sites (tertiary alicyclic amines) is 1. The van der Waals surface area contributed by atoms with Crippen molar-refractivity contribution in [2.75, 3.05) is 19.6 Å². The van der Waals surface area contributed by atoms with Gasteiger partial charge in [-0.1, -0.05) is 24.3 Å². The summed E-state index contributed by atoms with van der Waals surface area (Å²) >= 11 is 0. The third kappa shape index (κ3) is 3.88. The van der Waals surface area contributed by atoms with E-state index in [1.54, 1.807) is 6.20 Å². The Morgan fingerprint density at radius 3 is 2.56 bits per heavy atom. The first-order chi connectivity index (χ1) is 13.1. The number of carboxylic acid groups (broad SMARTS) is 1. The van der Waals surface area contributed by atoms with Gasteiger partial charge in [-0.25, -0.2) is 0 Å². The maximum atomic E-state index is 12.9. The largest absolute Gasteiger partial charge is 0.480 e. The van der Waals surface area contributed by atoms with Crippen LogP contribution in [-0.2, 0) is 29.2 Å². The van der Waals surface area contributed by atoms with Crippen molar-refractivity contribution < 1.29 is 14.7 Å². The monoisotopic (exact) mass is 368 g/mol. The molecule has 7 heteroatoms. The summed E-state index contributed by atoms with van der Waals surface area (Å²) in [4.78, 5) is 28.0. The molecule has 1 atom stereocenters. The number of amides is 1. The van der Waals surface area contributed by atoms with Gasteiger partial charge in [-0.3, -0.25) is 19.2 Å². The summed E-state index contributed by atoms with van der Waals surface area (Å²) in [5, 5.41) is 13.2. The predicted octanol–water partition coefficient (Wildman–Crippen LogP) is 1.69. The van der Waals surface area contributed by atoms with Gasteiger partial charge >= 0.3 is 5.97 Å². The molecule has 1 N–H and O–H groups in total. The van der Waals surface area contributed by atoms with Gasteiger partial charge in [0, 0.05) is 44.0 Å². The number of rotatable bonds is 5. The van der Waals surface area contributed by atoms with Crippen LogP contribution in [0.1, 0.15) is 35.6 Å². The van der Waals surface area contributed by atoms with Crippen molar-refractivity contribution in [1.29, 1.82) is 0 Å². The lowest BCUT2D eigenvalue weighted by molar-refractivity contribution is -0.138. The standard InChI is InChI=1S/C20H24N4O3/c25-19(13-22-10-15-4-1-2-5-16(15)11-22)23-9-3-6-17(12-23)18-7-8-21-24(18)14-20(26)27/h1-2,4-5,7-8,17H,3,6,9-14H2,(H,26,27). The fourth-order valence-electron chi connectivity index (χ4n) is 4.20. The lowest BCUT2D eigenvalue weighted by Crippen LogP contribution is -2.44. The van der Waals surface area contributed by atoms with Crippen molar-refractivity contribution in [2.45, 2.75) is 38.4 Å². The maximum absolute atomic E-state index is 12.9. The molecule has 3 heterocycles. The Labute approximate surface area is 158 Å². The second kappa shape index (κ2) is 7.52. The highest BCUT2D eigenvalue weighted by atomic mass is 16.4. The molecule has 2 aliphatic rings. The van der Waals surface area contributed by atoms with E-state index in [1.807, 2.05) is 23.1 Å². The van der Waals surface area contributed by atoms with E-state index in [1.165, 1.54) is 15.8 Å². The molecule has 0 aliphatic carbocycles. The van der Waals surface area contributed by atoms with E-state index >= 15 is 0 Å². The number of fused-ring (bicyclic) bond motifs is 1. The number of hydrogen-bond donors (Lipinski definition) is 1. The quantitative estimate of drug-likeness (QED) is 0.869. The summed E-state index contributed by atoms with van der Waals surface area (Å²) < 4.78 is 1.54. The van der Waals surface area contributed by atoms with Gasteiger partial charge in [-0.2, -0.15) is 5.10 Å². The highest BCUT2D eigenvalue weighted by molar-refractivity contribution is 5.78. The van der Waals surface area contributed by atoms with Crippen molar-refractivity contribution in [3.8, 4) is 0 Å². The lowest BCUT2D eigenvalue weighted by Gasteiger charge is -2.34. The van der Waals surface area contributed by atoms with Gasteiger partial charge in [0.2, 0.25) is 5.91 Å². The van der Waals surface area contributed by atoms with E-state index in [0.29, 0.717) is 13.1 Å². The van der Waals surface area contributed by atoms with Crippen LogP contribution < -0.4 is 0 Å². The zero-order chi connectivity index (χ0) is 18.8. The van der Waals surface area contributed by atoms with Gasteiger partial charge in [-0.05, 0) is 30.0 Å². The minimum Gasteiger partial charge on any atom is -0.480 e. The third-order valence-corrected chi connectivity index (χ3v) is 5.49. The molecule has 1 aromatic heterocycles. The Kier molecular flexibility index (Phi) is 4.94. The van der Waals surface area contributed by atoms with Gasteiger partial charge in [0.1, 0.15) is 6.54 Å². The SMILES string of the molecule is O=C(O)Cn1nccc1C1CCCN(C(=O)CN2Cc3ccccc3C2)C1. The molecule has 1 saturated heterocycles. The molecule has 2 aromatic rings. The number of carboxylic acids is 1. The van der Waals surface area contributed by atoms with Crippen LogP contribution in [0.5, 0.6) is 0 Å². The van der Waals surface area contributed by atoms with Gasteiger partial charge in [0.25, 0.3) is 0 Å². The fourth-order valence-corrected chi connectivity index (χ4v) is 4.20. The van der Waals surface area contributed by atoms with Gasteiger partial charge in [0.05, 0.1) is 6.54 Å². The summed E-state index contributed by atoms with van der Waals surface area (Å²) in [5.41, 5.74) is 3.52. The topological polar surface area (TPSA) is 78.7 Å². The number of hydrogen-bond acceptors (Lipinski definition) is 4. The van der Waals surface area contributed by atoms with E-state index < -0.39 is 5.97 Å². The molecule has 0 radical (unpaired) electrons. The first-order valence-electron chi connectivity index (χ1n) is 9.40. The van der Waals surface area contributed by atoms with Crippen molar-refractivity contribution >= 4 is 11.9 Å². The molecular formula is C20H24N4O3.